The van der Waals surface area contributed by atoms with Gasteiger partial charge in [0.05, 0.1) is 0 Å². The molecule has 0 radical (unpaired) electrons. The Hall–Kier alpha value is 0. The fraction of sp³-hybridized carbons (Fsp3) is 1.00. The van der Waals surface area contributed by atoms with Crippen LogP contribution < -0.4 is 0 Å². The summed E-state index contributed by atoms with van der Waals surface area (Å²) >= 11 is 0. The van der Waals surface area contributed by atoms with Crippen LogP contribution in [0.2, 0.25) is 0 Å². The second-order valence-electron chi connectivity index (χ2n) is 4.81. The van der Waals surface area contributed by atoms with Crippen molar-refractivity contribution in [1.29, 1.82) is 0 Å². The Balaban J connectivity index is 1.95. The molecule has 58 valence electrons. The van der Waals surface area contributed by atoms with Gasteiger partial charge in [0.15, 0.2) is 0 Å². The highest BCUT2D eigenvalue weighted by Gasteiger charge is 2.81. The van der Waals surface area contributed by atoms with Crippen LogP contribution in [0.5, 0.6) is 0 Å². The second-order valence-corrected chi connectivity index (χ2v) is 4.81. The Morgan fingerprint density at radius 2 is 1.70 bits per heavy atom. The highest BCUT2D eigenvalue weighted by Crippen LogP contribution is 2.85. The molecule has 10 heavy (non-hydrogen) atoms. The molecular formula is C10H18. The van der Waals surface area contributed by atoms with Gasteiger partial charge in [-0.15, -0.1) is 0 Å². The third-order valence-corrected chi connectivity index (χ3v) is 3.94. The number of hydrogen-bond donors (Lipinski definition) is 0. The van der Waals surface area contributed by atoms with Gasteiger partial charge in [-0.2, -0.15) is 0 Å². The van der Waals surface area contributed by atoms with Gasteiger partial charge in [0.1, 0.15) is 0 Å². The molecule has 2 aliphatic rings. The number of fused-ring (bicyclic) bond motifs is 1. The summed E-state index contributed by atoms with van der Waals surface area (Å²) in [5, 5.41) is 0. The standard InChI is InChI=1S/C10H18/c1-6(2)5-10-7(3)9(10)8(10)4/h6-9H,5H2,1-4H3. The van der Waals surface area contributed by atoms with E-state index in [9.17, 15) is 0 Å². The summed E-state index contributed by atoms with van der Waals surface area (Å²) in [7, 11) is 0. The SMILES string of the molecule is CC(C)CC12C(C)C1C2C. The van der Waals surface area contributed by atoms with Crippen molar-refractivity contribution < 1.29 is 0 Å². The number of hydrogen-bond acceptors (Lipinski definition) is 0. The molecular weight excluding hydrogens is 120 g/mol. The van der Waals surface area contributed by atoms with E-state index in [2.05, 4.69) is 27.7 Å². The summed E-state index contributed by atoms with van der Waals surface area (Å²) in [5.41, 5.74) is 0.855. The first-order chi connectivity index (χ1) is 4.60. The van der Waals surface area contributed by atoms with Gasteiger partial charge in [0.25, 0.3) is 0 Å². The maximum Gasteiger partial charge on any atom is -0.0204 e. The van der Waals surface area contributed by atoms with Crippen molar-refractivity contribution in [3.63, 3.8) is 0 Å². The predicted octanol–water partition coefficient (Wildman–Crippen LogP) is 2.93. The Morgan fingerprint density at radius 1 is 1.20 bits per heavy atom. The zero-order valence-electron chi connectivity index (χ0n) is 7.52. The summed E-state index contributed by atoms with van der Waals surface area (Å²) in [6, 6.07) is 0. The van der Waals surface area contributed by atoms with Crippen LogP contribution in [0.3, 0.4) is 0 Å². The van der Waals surface area contributed by atoms with Crippen molar-refractivity contribution in [2.24, 2.45) is 29.1 Å². The van der Waals surface area contributed by atoms with E-state index >= 15 is 0 Å². The molecule has 2 fully saturated rings. The molecule has 0 N–H and O–H groups in total. The van der Waals surface area contributed by atoms with Crippen molar-refractivity contribution in [2.45, 2.75) is 34.1 Å². The Bertz CT molecular complexity index is 147. The maximum absolute atomic E-state index is 2.42. The first-order valence-corrected chi connectivity index (χ1v) is 4.60. The molecule has 0 bridgehead atoms. The first kappa shape index (κ1) is 6.69. The van der Waals surface area contributed by atoms with E-state index in [-0.39, 0.29) is 0 Å². The molecule has 0 aromatic rings. The van der Waals surface area contributed by atoms with Gasteiger partial charge in [0.2, 0.25) is 0 Å². The van der Waals surface area contributed by atoms with E-state index in [1.807, 2.05) is 0 Å². The van der Waals surface area contributed by atoms with Crippen LogP contribution >= 0.6 is 0 Å². The van der Waals surface area contributed by atoms with Crippen LogP contribution in [0.4, 0.5) is 0 Å². The summed E-state index contributed by atoms with van der Waals surface area (Å²) in [6.45, 7) is 9.55. The van der Waals surface area contributed by atoms with E-state index in [0.29, 0.717) is 0 Å². The minimum absolute atomic E-state index is 0.855. The molecule has 0 aliphatic heterocycles. The average molecular weight is 138 g/mol. The highest BCUT2D eigenvalue weighted by molar-refractivity contribution is 5.28. The molecule has 2 unspecified atom stereocenters. The van der Waals surface area contributed by atoms with E-state index in [4.69, 9.17) is 0 Å². The van der Waals surface area contributed by atoms with Crippen molar-refractivity contribution in [1.82, 2.24) is 0 Å². The van der Waals surface area contributed by atoms with Gasteiger partial charge in [-0.05, 0) is 35.5 Å². The zero-order chi connectivity index (χ0) is 7.52. The topological polar surface area (TPSA) is 0 Å². The maximum atomic E-state index is 2.42. The fourth-order valence-electron chi connectivity index (χ4n) is 3.33. The van der Waals surface area contributed by atoms with Crippen LogP contribution in [0.1, 0.15) is 34.1 Å². The lowest BCUT2D eigenvalue weighted by Gasteiger charge is -2.14. The molecule has 0 amide bonds. The summed E-state index contributed by atoms with van der Waals surface area (Å²) < 4.78 is 0. The van der Waals surface area contributed by atoms with Crippen molar-refractivity contribution in [3.05, 3.63) is 0 Å². The molecule has 2 saturated carbocycles. The van der Waals surface area contributed by atoms with Gasteiger partial charge in [-0.3, -0.25) is 0 Å². The van der Waals surface area contributed by atoms with Gasteiger partial charge < -0.3 is 0 Å². The fourth-order valence-corrected chi connectivity index (χ4v) is 3.33. The quantitative estimate of drug-likeness (QED) is 0.550. The van der Waals surface area contributed by atoms with Crippen molar-refractivity contribution in [2.75, 3.05) is 0 Å². The van der Waals surface area contributed by atoms with Crippen LogP contribution in [0.25, 0.3) is 0 Å². The van der Waals surface area contributed by atoms with Gasteiger partial charge in [0, 0.05) is 0 Å². The van der Waals surface area contributed by atoms with Crippen LogP contribution in [0, 0.1) is 29.1 Å². The summed E-state index contributed by atoms with van der Waals surface area (Å²) in [4.78, 5) is 0. The van der Waals surface area contributed by atoms with Crippen LogP contribution in [-0.2, 0) is 0 Å². The molecule has 0 nitrogen and oxygen atoms in total. The smallest absolute Gasteiger partial charge is 0.0204 e. The molecule has 0 aromatic heterocycles. The molecule has 0 saturated heterocycles. The van der Waals surface area contributed by atoms with Crippen molar-refractivity contribution in [3.8, 4) is 0 Å². The molecule has 2 aliphatic carbocycles. The molecule has 0 heteroatoms. The van der Waals surface area contributed by atoms with E-state index in [1.54, 1.807) is 0 Å². The minimum Gasteiger partial charge on any atom is -0.0628 e. The second kappa shape index (κ2) is 1.60. The van der Waals surface area contributed by atoms with Gasteiger partial charge in [-0.1, -0.05) is 27.7 Å². The zero-order valence-corrected chi connectivity index (χ0v) is 7.52. The number of rotatable bonds is 2. The molecule has 0 heterocycles. The van der Waals surface area contributed by atoms with Gasteiger partial charge >= 0.3 is 0 Å². The Labute approximate surface area is 64.0 Å². The predicted molar refractivity (Wildman–Crippen MR) is 43.7 cm³/mol. The lowest BCUT2D eigenvalue weighted by Crippen LogP contribution is -2.06. The third kappa shape index (κ3) is 0.538. The largest absolute Gasteiger partial charge is 0.0628 e. The van der Waals surface area contributed by atoms with E-state index in [0.717, 1.165) is 29.1 Å². The van der Waals surface area contributed by atoms with Gasteiger partial charge in [-0.25, -0.2) is 0 Å². The summed E-state index contributed by atoms with van der Waals surface area (Å²) in [5.74, 6) is 4.20. The normalized spacial score (nSPS) is 56.7. The average Bonchev–Trinajstić information content (AvgIpc) is 2.56. The monoisotopic (exact) mass is 138 g/mol. The van der Waals surface area contributed by atoms with E-state index in [1.165, 1.54) is 6.42 Å². The van der Waals surface area contributed by atoms with Crippen molar-refractivity contribution >= 4 is 0 Å². The lowest BCUT2D eigenvalue weighted by atomic mass is 9.91. The molecule has 0 aromatic carbocycles. The molecule has 2 atom stereocenters. The van der Waals surface area contributed by atoms with Crippen LogP contribution in [-0.4, -0.2) is 0 Å². The highest BCUT2D eigenvalue weighted by atomic mass is 14.8. The Morgan fingerprint density at radius 3 is 1.80 bits per heavy atom. The molecule has 2 rings (SSSR count). The summed E-state index contributed by atoms with van der Waals surface area (Å²) in [6.07, 6.45) is 1.49. The first-order valence-electron chi connectivity index (χ1n) is 4.60. The minimum atomic E-state index is 0.855. The lowest BCUT2D eigenvalue weighted by molar-refractivity contribution is 0.352. The third-order valence-electron chi connectivity index (χ3n) is 3.94. The van der Waals surface area contributed by atoms with E-state index < -0.39 is 0 Å². The molecule has 0 spiro atoms. The van der Waals surface area contributed by atoms with Crippen LogP contribution in [0.15, 0.2) is 0 Å². The Kier molecular flexibility index (Phi) is 1.07.